The van der Waals surface area contributed by atoms with Crippen molar-refractivity contribution in [3.8, 4) is 0 Å². The first-order valence-corrected chi connectivity index (χ1v) is 10.1. The van der Waals surface area contributed by atoms with Crippen LogP contribution >= 0.6 is 11.3 Å². The molecular formula is C23H23NO2S. The Morgan fingerprint density at radius 3 is 2.37 bits per heavy atom. The lowest BCUT2D eigenvalue weighted by molar-refractivity contribution is -0.0718. The van der Waals surface area contributed by atoms with Crippen molar-refractivity contribution in [1.29, 1.82) is 0 Å². The molecule has 2 heterocycles. The summed E-state index contributed by atoms with van der Waals surface area (Å²) in [4.78, 5) is 15.0. The van der Waals surface area contributed by atoms with Crippen molar-refractivity contribution in [2.24, 2.45) is 0 Å². The second kappa shape index (κ2) is 7.77. The molecule has 3 nitrogen and oxygen atoms in total. The fraction of sp³-hybridized carbons (Fsp3) is 0.261. The highest BCUT2D eigenvalue weighted by Gasteiger charge is 2.38. The molecule has 138 valence electrons. The lowest BCUT2D eigenvalue weighted by atomic mass is 9.85. The minimum Gasteiger partial charge on any atom is -0.363 e. The summed E-state index contributed by atoms with van der Waals surface area (Å²) in [7, 11) is 4.16. The Morgan fingerprint density at radius 2 is 1.70 bits per heavy atom. The van der Waals surface area contributed by atoms with Gasteiger partial charge < -0.3 is 4.74 Å². The van der Waals surface area contributed by atoms with Crippen molar-refractivity contribution in [2.45, 2.75) is 24.7 Å². The molecule has 0 radical (unpaired) electrons. The Kier molecular flexibility index (Phi) is 5.21. The number of ether oxygens (including phenoxy) is 1. The van der Waals surface area contributed by atoms with Gasteiger partial charge in [-0.2, -0.15) is 11.3 Å². The maximum absolute atomic E-state index is 12.8. The van der Waals surface area contributed by atoms with E-state index in [2.05, 4.69) is 49.3 Å². The summed E-state index contributed by atoms with van der Waals surface area (Å²) in [6, 6.07) is 20.7. The lowest BCUT2D eigenvalue weighted by Crippen LogP contribution is -2.34. The van der Waals surface area contributed by atoms with Crippen molar-refractivity contribution in [2.75, 3.05) is 14.1 Å². The largest absolute Gasteiger partial charge is 0.363 e. The van der Waals surface area contributed by atoms with E-state index in [0.29, 0.717) is 6.42 Å². The van der Waals surface area contributed by atoms with Gasteiger partial charge in [0, 0.05) is 17.4 Å². The van der Waals surface area contributed by atoms with Gasteiger partial charge in [-0.05, 0) is 42.2 Å². The van der Waals surface area contributed by atoms with Crippen molar-refractivity contribution in [1.82, 2.24) is 4.90 Å². The molecule has 0 N–H and O–H groups in total. The summed E-state index contributed by atoms with van der Waals surface area (Å²) in [6.45, 7) is 0. The third kappa shape index (κ3) is 3.61. The number of hydrogen-bond donors (Lipinski definition) is 0. The predicted octanol–water partition coefficient (Wildman–Crippen LogP) is 5.44. The van der Waals surface area contributed by atoms with Crippen LogP contribution in [0.4, 0.5) is 0 Å². The number of likely N-dealkylation sites (N-methyl/N-ethyl adjacent to an activating group) is 1. The van der Waals surface area contributed by atoms with E-state index in [-0.39, 0.29) is 24.0 Å². The summed E-state index contributed by atoms with van der Waals surface area (Å²) < 4.78 is 6.58. The Hall–Kier alpha value is -2.27. The zero-order valence-electron chi connectivity index (χ0n) is 15.5. The SMILES string of the molecule is CN(C)[C@H]1c2ccccc2[C@@H](CC(=O)c2ccsc2)O[C@@H]1c1ccccc1. The fourth-order valence-corrected chi connectivity index (χ4v) is 4.54. The van der Waals surface area contributed by atoms with E-state index in [1.165, 1.54) is 5.56 Å². The molecule has 0 spiro atoms. The molecule has 3 aromatic rings. The molecule has 4 rings (SSSR count). The van der Waals surface area contributed by atoms with Crippen LogP contribution in [0.15, 0.2) is 71.4 Å². The van der Waals surface area contributed by atoms with Gasteiger partial charge in [0.25, 0.3) is 0 Å². The first kappa shape index (κ1) is 18.1. The van der Waals surface area contributed by atoms with Gasteiger partial charge in [0.05, 0.1) is 12.1 Å². The number of fused-ring (bicyclic) bond motifs is 1. The standard InChI is InChI=1S/C23H23NO2S/c1-24(2)22-19-11-7-6-10-18(19)21(14-20(25)17-12-13-27-15-17)26-23(22)16-8-4-3-5-9-16/h3-13,15,21-23H,14H2,1-2H3/t21-,22+,23-/m1/s1. The highest BCUT2D eigenvalue weighted by Crippen LogP contribution is 2.47. The maximum Gasteiger partial charge on any atom is 0.166 e. The quantitative estimate of drug-likeness (QED) is 0.555. The van der Waals surface area contributed by atoms with Crippen molar-refractivity contribution in [3.63, 3.8) is 0 Å². The molecule has 0 saturated heterocycles. The molecule has 2 aromatic carbocycles. The normalized spacial score (nSPS) is 21.8. The molecule has 1 aliphatic rings. The second-order valence-corrected chi connectivity index (χ2v) is 7.91. The molecule has 27 heavy (non-hydrogen) atoms. The molecule has 3 atom stereocenters. The number of carbonyl (C=O) groups is 1. The number of Topliss-reactive ketones (excluding diaryl/α,β-unsaturated/α-hetero) is 1. The van der Waals surface area contributed by atoms with Crippen molar-refractivity contribution < 1.29 is 9.53 Å². The minimum absolute atomic E-state index is 0.107. The van der Waals surface area contributed by atoms with Crippen molar-refractivity contribution >= 4 is 17.1 Å². The molecule has 1 aliphatic heterocycles. The number of thiophene rings is 1. The molecular weight excluding hydrogens is 354 g/mol. The molecule has 4 heteroatoms. The average molecular weight is 378 g/mol. The third-order valence-corrected chi connectivity index (χ3v) is 5.84. The predicted molar refractivity (Wildman–Crippen MR) is 109 cm³/mol. The van der Waals surface area contributed by atoms with E-state index in [0.717, 1.165) is 16.7 Å². The summed E-state index contributed by atoms with van der Waals surface area (Å²) in [6.07, 6.45) is 0.00316. The van der Waals surface area contributed by atoms with Gasteiger partial charge in [-0.15, -0.1) is 0 Å². The summed E-state index contributed by atoms with van der Waals surface area (Å²) in [5.74, 6) is 0.131. The van der Waals surface area contributed by atoms with E-state index in [1.807, 2.05) is 41.1 Å². The number of rotatable bonds is 5. The van der Waals surface area contributed by atoms with Crippen molar-refractivity contribution in [3.05, 3.63) is 93.7 Å². The van der Waals surface area contributed by atoms with Gasteiger partial charge in [0.15, 0.2) is 5.78 Å². The van der Waals surface area contributed by atoms with Crippen LogP contribution in [0.2, 0.25) is 0 Å². The van der Waals surface area contributed by atoms with Crippen LogP contribution in [-0.4, -0.2) is 24.8 Å². The molecule has 0 aliphatic carbocycles. The van der Waals surface area contributed by atoms with Gasteiger partial charge in [-0.3, -0.25) is 9.69 Å². The zero-order valence-corrected chi connectivity index (χ0v) is 16.4. The monoisotopic (exact) mass is 377 g/mol. The van der Waals surface area contributed by atoms with E-state index in [4.69, 9.17) is 4.74 Å². The second-order valence-electron chi connectivity index (χ2n) is 7.13. The van der Waals surface area contributed by atoms with E-state index in [9.17, 15) is 4.79 Å². The number of carbonyl (C=O) groups excluding carboxylic acids is 1. The van der Waals surface area contributed by atoms with Crippen LogP contribution < -0.4 is 0 Å². The molecule has 0 unspecified atom stereocenters. The first-order valence-electron chi connectivity index (χ1n) is 9.16. The Bertz CT molecular complexity index is 905. The molecule has 1 aromatic heterocycles. The topological polar surface area (TPSA) is 29.5 Å². The zero-order chi connectivity index (χ0) is 18.8. The number of benzene rings is 2. The van der Waals surface area contributed by atoms with Crippen LogP contribution in [0.3, 0.4) is 0 Å². The summed E-state index contributed by atoms with van der Waals surface area (Å²) in [5.41, 5.74) is 4.27. The molecule has 0 fully saturated rings. The van der Waals surface area contributed by atoms with Gasteiger partial charge >= 0.3 is 0 Å². The van der Waals surface area contributed by atoms with Crippen LogP contribution in [0, 0.1) is 0 Å². The van der Waals surface area contributed by atoms with E-state index >= 15 is 0 Å². The molecule has 0 saturated carbocycles. The Morgan fingerprint density at radius 1 is 1.00 bits per heavy atom. The Labute approximate surface area is 164 Å². The minimum atomic E-state index is -0.241. The maximum atomic E-state index is 12.8. The summed E-state index contributed by atoms with van der Waals surface area (Å²) >= 11 is 1.55. The molecule has 0 amide bonds. The number of hydrogen-bond acceptors (Lipinski definition) is 4. The fourth-order valence-electron chi connectivity index (χ4n) is 3.88. The van der Waals surface area contributed by atoms with Gasteiger partial charge in [0.1, 0.15) is 6.10 Å². The average Bonchev–Trinajstić information content (AvgIpc) is 3.23. The van der Waals surface area contributed by atoms with Crippen LogP contribution in [-0.2, 0) is 4.74 Å². The van der Waals surface area contributed by atoms with Crippen LogP contribution in [0.25, 0.3) is 0 Å². The highest BCUT2D eigenvalue weighted by molar-refractivity contribution is 7.08. The van der Waals surface area contributed by atoms with Crippen LogP contribution in [0.5, 0.6) is 0 Å². The highest BCUT2D eigenvalue weighted by atomic mass is 32.1. The van der Waals surface area contributed by atoms with Crippen LogP contribution in [0.1, 0.15) is 51.7 Å². The van der Waals surface area contributed by atoms with Gasteiger partial charge in [0.2, 0.25) is 0 Å². The first-order chi connectivity index (χ1) is 13.1. The molecule has 0 bridgehead atoms. The lowest BCUT2D eigenvalue weighted by Gasteiger charge is -2.41. The van der Waals surface area contributed by atoms with E-state index in [1.54, 1.807) is 11.3 Å². The summed E-state index contributed by atoms with van der Waals surface area (Å²) in [5, 5.41) is 3.85. The van der Waals surface area contributed by atoms with E-state index < -0.39 is 0 Å². The third-order valence-electron chi connectivity index (χ3n) is 5.16. The number of nitrogens with zero attached hydrogens (tertiary/aromatic N) is 1. The smallest absolute Gasteiger partial charge is 0.166 e. The number of ketones is 1. The van der Waals surface area contributed by atoms with Gasteiger partial charge in [-0.25, -0.2) is 0 Å². The van der Waals surface area contributed by atoms with Gasteiger partial charge in [-0.1, -0.05) is 54.6 Å². The Balaban J connectivity index is 1.73.